The van der Waals surface area contributed by atoms with E-state index in [1.165, 1.54) is 30.5 Å². The van der Waals surface area contributed by atoms with Crippen LogP contribution in [0.4, 0.5) is 39.5 Å². The Bertz CT molecular complexity index is 1660. The first-order valence-corrected chi connectivity index (χ1v) is 13.5. The van der Waals surface area contributed by atoms with Crippen molar-refractivity contribution in [3.8, 4) is 28.7 Å². The molecular weight excluding hydrogens is 637 g/mol. The lowest BCUT2D eigenvalue weighted by atomic mass is 10.0. The average molecular weight is 660 g/mol. The van der Waals surface area contributed by atoms with Crippen molar-refractivity contribution in [2.75, 3.05) is 32.8 Å². The zero-order valence-electron chi connectivity index (χ0n) is 23.4. The molecule has 1 saturated heterocycles. The van der Waals surface area contributed by atoms with Gasteiger partial charge in [-0.2, -0.15) is 44.5 Å². The van der Waals surface area contributed by atoms with Gasteiger partial charge >= 0.3 is 18.5 Å². The maximum absolute atomic E-state index is 13.6. The molecular formula is C29H22F9N5O3. The summed E-state index contributed by atoms with van der Waals surface area (Å²) < 4.78 is 126. The van der Waals surface area contributed by atoms with E-state index in [2.05, 4.69) is 20.0 Å². The molecule has 3 heterocycles. The number of carbonyl (C=O) groups is 1. The molecule has 2 aromatic heterocycles. The third-order valence-electron chi connectivity index (χ3n) is 6.94. The van der Waals surface area contributed by atoms with Crippen molar-refractivity contribution in [2.24, 2.45) is 0 Å². The highest BCUT2D eigenvalue weighted by Gasteiger charge is 2.39. The second-order valence-electron chi connectivity index (χ2n) is 10.2. The molecule has 8 nitrogen and oxygen atoms in total. The van der Waals surface area contributed by atoms with Crippen molar-refractivity contribution in [1.82, 2.24) is 24.9 Å². The minimum Gasteiger partial charge on any atom is -0.484 e. The number of benzene rings is 2. The number of hydrogen-bond acceptors (Lipinski definition) is 7. The number of nitrogens with zero attached hydrogens (tertiary/aromatic N) is 5. The van der Waals surface area contributed by atoms with E-state index in [0.29, 0.717) is 44.9 Å². The normalized spacial score (nSPS) is 14.8. The van der Waals surface area contributed by atoms with Gasteiger partial charge in [0.05, 0.1) is 16.7 Å². The lowest BCUT2D eigenvalue weighted by Gasteiger charge is -2.34. The summed E-state index contributed by atoms with van der Waals surface area (Å²) in [7, 11) is 0. The minimum absolute atomic E-state index is 0.0235. The Kier molecular flexibility index (Phi) is 8.97. The topological polar surface area (TPSA) is 84.6 Å². The predicted molar refractivity (Wildman–Crippen MR) is 142 cm³/mol. The summed E-state index contributed by atoms with van der Waals surface area (Å²) in [6.07, 6.45) is -13.3. The molecule has 46 heavy (non-hydrogen) atoms. The highest BCUT2D eigenvalue weighted by molar-refractivity contribution is 5.94. The van der Waals surface area contributed by atoms with Gasteiger partial charge in [-0.25, -0.2) is 0 Å². The maximum atomic E-state index is 13.6. The van der Waals surface area contributed by atoms with Crippen LogP contribution in [0.3, 0.4) is 0 Å². The van der Waals surface area contributed by atoms with Crippen LogP contribution in [0.2, 0.25) is 0 Å². The Labute approximate surface area is 254 Å². The molecule has 0 aliphatic carbocycles. The predicted octanol–water partition coefficient (Wildman–Crippen LogP) is 6.74. The van der Waals surface area contributed by atoms with Crippen molar-refractivity contribution in [1.29, 1.82) is 0 Å². The number of amides is 1. The van der Waals surface area contributed by atoms with E-state index in [-0.39, 0.29) is 34.9 Å². The summed E-state index contributed by atoms with van der Waals surface area (Å²) in [6, 6.07) is 10.1. The Morgan fingerprint density at radius 3 is 2.13 bits per heavy atom. The number of aromatic nitrogens is 3. The largest absolute Gasteiger partial charge is 0.484 e. The van der Waals surface area contributed by atoms with Crippen LogP contribution >= 0.6 is 0 Å². The zero-order valence-corrected chi connectivity index (χ0v) is 23.4. The quantitative estimate of drug-likeness (QED) is 0.204. The number of carbonyl (C=O) groups excluding carboxylic acids is 1. The van der Waals surface area contributed by atoms with Gasteiger partial charge in [-0.05, 0) is 48.0 Å². The van der Waals surface area contributed by atoms with E-state index in [0.717, 1.165) is 5.56 Å². The van der Waals surface area contributed by atoms with Crippen molar-refractivity contribution >= 4 is 5.91 Å². The van der Waals surface area contributed by atoms with E-state index >= 15 is 0 Å². The number of hydrogen-bond donors (Lipinski definition) is 0. The first-order valence-electron chi connectivity index (χ1n) is 13.5. The first-order chi connectivity index (χ1) is 21.6. The van der Waals surface area contributed by atoms with Crippen molar-refractivity contribution in [3.63, 3.8) is 0 Å². The number of rotatable bonds is 7. The van der Waals surface area contributed by atoms with Crippen LogP contribution in [-0.4, -0.2) is 69.8 Å². The van der Waals surface area contributed by atoms with Crippen molar-refractivity contribution in [2.45, 2.75) is 25.1 Å². The van der Waals surface area contributed by atoms with Gasteiger partial charge in [-0.1, -0.05) is 17.3 Å². The molecule has 0 saturated carbocycles. The van der Waals surface area contributed by atoms with E-state index in [1.807, 2.05) is 0 Å². The van der Waals surface area contributed by atoms with Crippen LogP contribution in [0.25, 0.3) is 23.0 Å². The summed E-state index contributed by atoms with van der Waals surface area (Å²) >= 11 is 0. The van der Waals surface area contributed by atoms with Crippen molar-refractivity contribution < 1.29 is 53.6 Å². The van der Waals surface area contributed by atoms with Gasteiger partial charge in [-0.15, -0.1) is 0 Å². The fraction of sp³-hybridized carbons (Fsp3) is 0.310. The Hall–Kier alpha value is -4.67. The molecule has 17 heteroatoms. The van der Waals surface area contributed by atoms with E-state index in [4.69, 9.17) is 9.26 Å². The molecule has 244 valence electrons. The Morgan fingerprint density at radius 2 is 1.54 bits per heavy atom. The standard InChI is InChI=1S/C29H22F9N5O3/c30-27(31,32)16-45-20-5-1-17(2-6-20)15-42-9-11-43(12-10-42)26(44)18-3-8-23(39-14-18)25-40-24(41-46-25)21-7-4-19(28(33,34)35)13-22(21)29(36,37)38/h1-8,13-14H,9-12,15-16H2. The van der Waals surface area contributed by atoms with Gasteiger partial charge in [0.15, 0.2) is 6.61 Å². The summed E-state index contributed by atoms with van der Waals surface area (Å²) in [5.74, 6) is -1.13. The Morgan fingerprint density at radius 1 is 0.848 bits per heavy atom. The minimum atomic E-state index is -5.13. The molecule has 1 aliphatic heterocycles. The molecule has 0 bridgehead atoms. The van der Waals surface area contributed by atoms with Crippen LogP contribution in [0, 0.1) is 0 Å². The third kappa shape index (κ3) is 7.94. The second-order valence-corrected chi connectivity index (χ2v) is 10.2. The molecule has 4 aromatic rings. The number of alkyl halides is 9. The SMILES string of the molecule is O=C(c1ccc(-c2nc(-c3ccc(C(F)(F)F)cc3C(F)(F)F)no2)nc1)N1CCN(Cc2ccc(OCC(F)(F)F)cc2)CC1. The van der Waals surface area contributed by atoms with Crippen LogP contribution in [0.15, 0.2) is 65.3 Å². The number of pyridine rings is 1. The molecule has 0 unspecified atom stereocenters. The summed E-state index contributed by atoms with van der Waals surface area (Å²) in [6.45, 7) is 0.956. The lowest BCUT2D eigenvalue weighted by molar-refractivity contribution is -0.153. The fourth-order valence-corrected chi connectivity index (χ4v) is 4.64. The van der Waals surface area contributed by atoms with Crippen molar-refractivity contribution in [3.05, 3.63) is 83.0 Å². The summed E-state index contributed by atoms with van der Waals surface area (Å²) in [4.78, 5) is 24.7. The van der Waals surface area contributed by atoms with Crippen LogP contribution in [0.5, 0.6) is 5.75 Å². The fourth-order valence-electron chi connectivity index (χ4n) is 4.64. The summed E-state index contributed by atoms with van der Waals surface area (Å²) in [5.41, 5.74) is -2.69. The first kappa shape index (κ1) is 32.7. The number of ether oxygens (including phenoxy) is 1. The number of halogens is 9. The van der Waals surface area contributed by atoms with E-state index in [9.17, 15) is 44.3 Å². The second kappa shape index (κ2) is 12.6. The van der Waals surface area contributed by atoms with Gasteiger partial charge in [0.2, 0.25) is 5.82 Å². The third-order valence-corrected chi connectivity index (χ3v) is 6.94. The Balaban J connectivity index is 1.19. The highest BCUT2D eigenvalue weighted by atomic mass is 19.4. The smallest absolute Gasteiger partial charge is 0.422 e. The molecule has 5 rings (SSSR count). The van der Waals surface area contributed by atoms with Gasteiger partial charge in [0.25, 0.3) is 11.8 Å². The lowest BCUT2D eigenvalue weighted by Crippen LogP contribution is -2.48. The number of piperazine rings is 1. The molecule has 0 spiro atoms. The van der Waals surface area contributed by atoms with E-state index in [1.54, 1.807) is 17.0 Å². The molecule has 0 radical (unpaired) electrons. The zero-order chi connectivity index (χ0) is 33.3. The van der Waals surface area contributed by atoms with Crippen LogP contribution in [-0.2, 0) is 18.9 Å². The van der Waals surface area contributed by atoms with E-state index < -0.39 is 47.7 Å². The van der Waals surface area contributed by atoms with Gasteiger partial charge in [-0.3, -0.25) is 14.7 Å². The van der Waals surface area contributed by atoms with Gasteiger partial charge < -0.3 is 14.2 Å². The average Bonchev–Trinajstić information content (AvgIpc) is 3.50. The summed E-state index contributed by atoms with van der Waals surface area (Å²) in [5, 5.41) is 3.48. The van der Waals surface area contributed by atoms with Crippen LogP contribution in [0.1, 0.15) is 27.0 Å². The highest BCUT2D eigenvalue weighted by Crippen LogP contribution is 2.40. The molecule has 1 fully saturated rings. The van der Waals surface area contributed by atoms with Gasteiger partial charge in [0, 0.05) is 44.5 Å². The van der Waals surface area contributed by atoms with Gasteiger partial charge in [0.1, 0.15) is 11.4 Å². The molecule has 1 amide bonds. The van der Waals surface area contributed by atoms with Crippen LogP contribution < -0.4 is 4.74 Å². The monoisotopic (exact) mass is 659 g/mol. The molecule has 0 atom stereocenters. The molecule has 2 aromatic carbocycles. The maximum Gasteiger partial charge on any atom is 0.422 e. The molecule has 1 aliphatic rings. The molecule has 0 N–H and O–H groups in total.